The van der Waals surface area contributed by atoms with E-state index in [0.29, 0.717) is 11.5 Å². The minimum Gasteiger partial charge on any atom is -0.290 e. The van der Waals surface area contributed by atoms with Crippen molar-refractivity contribution >= 4 is 22.8 Å². The van der Waals surface area contributed by atoms with Crippen LogP contribution in [0.5, 0.6) is 0 Å². The van der Waals surface area contributed by atoms with E-state index in [4.69, 9.17) is 4.98 Å². The summed E-state index contributed by atoms with van der Waals surface area (Å²) in [6.45, 7) is 5.99. The van der Waals surface area contributed by atoms with E-state index in [1.54, 1.807) is 12.3 Å². The van der Waals surface area contributed by atoms with Crippen molar-refractivity contribution in [2.45, 2.75) is 27.2 Å². The molecule has 1 N–H and O–H groups in total. The average molecular weight is 382 g/mol. The first-order chi connectivity index (χ1) is 14.0. The van der Waals surface area contributed by atoms with Crippen molar-refractivity contribution in [2.24, 2.45) is 0 Å². The van der Waals surface area contributed by atoms with Gasteiger partial charge in [-0.05, 0) is 50.1 Å². The Bertz CT molecular complexity index is 1200. The van der Waals surface area contributed by atoms with E-state index in [-0.39, 0.29) is 5.91 Å². The zero-order valence-corrected chi connectivity index (χ0v) is 16.7. The van der Waals surface area contributed by atoms with Crippen molar-refractivity contribution in [1.82, 2.24) is 15.0 Å². The number of pyridine rings is 1. The van der Waals surface area contributed by atoms with Gasteiger partial charge in [-0.15, -0.1) is 0 Å². The van der Waals surface area contributed by atoms with Gasteiger partial charge in [-0.2, -0.15) is 0 Å². The molecule has 0 saturated carbocycles. The number of nitrogens with zero attached hydrogens (tertiary/aromatic N) is 3. The molecule has 0 radical (unpaired) electrons. The van der Waals surface area contributed by atoms with Crippen LogP contribution in [-0.2, 0) is 6.42 Å². The molecule has 4 aromatic rings. The highest BCUT2D eigenvalue weighted by Gasteiger charge is 2.15. The first-order valence-electron chi connectivity index (χ1n) is 9.65. The van der Waals surface area contributed by atoms with Crippen molar-refractivity contribution in [1.29, 1.82) is 0 Å². The third-order valence-electron chi connectivity index (χ3n) is 4.89. The van der Waals surface area contributed by atoms with Gasteiger partial charge in [0.2, 0.25) is 5.95 Å². The summed E-state index contributed by atoms with van der Waals surface area (Å²) >= 11 is 0. The molecule has 0 saturated heterocycles. The lowest BCUT2D eigenvalue weighted by Gasteiger charge is -2.11. The monoisotopic (exact) mass is 382 g/mol. The summed E-state index contributed by atoms with van der Waals surface area (Å²) in [7, 11) is 0. The molecule has 0 aliphatic carbocycles. The van der Waals surface area contributed by atoms with Crippen LogP contribution in [0, 0.1) is 13.8 Å². The zero-order valence-electron chi connectivity index (χ0n) is 16.7. The van der Waals surface area contributed by atoms with Gasteiger partial charge in [0.05, 0.1) is 16.8 Å². The van der Waals surface area contributed by atoms with E-state index < -0.39 is 0 Å². The van der Waals surface area contributed by atoms with Crippen molar-refractivity contribution in [2.75, 3.05) is 5.32 Å². The standard InChI is InChI=1S/C24H22N4O/c1-4-17-6-8-18(9-7-17)22-14-20(19-13-15(2)5-10-21(19)27-22)23(29)28-24-25-12-11-16(3)26-24/h5-14H,4H2,1-3H3,(H,25,26,28,29). The number of amides is 1. The highest BCUT2D eigenvalue weighted by molar-refractivity contribution is 6.12. The topological polar surface area (TPSA) is 67.8 Å². The van der Waals surface area contributed by atoms with Gasteiger partial charge in [-0.25, -0.2) is 15.0 Å². The van der Waals surface area contributed by atoms with Crippen LogP contribution in [0.15, 0.2) is 60.8 Å². The van der Waals surface area contributed by atoms with Gasteiger partial charge < -0.3 is 0 Å². The van der Waals surface area contributed by atoms with Gasteiger partial charge in [0.25, 0.3) is 5.91 Å². The van der Waals surface area contributed by atoms with E-state index in [9.17, 15) is 4.79 Å². The van der Waals surface area contributed by atoms with Gasteiger partial charge in [-0.1, -0.05) is 42.8 Å². The summed E-state index contributed by atoms with van der Waals surface area (Å²) in [6, 6.07) is 17.9. The van der Waals surface area contributed by atoms with Crippen LogP contribution < -0.4 is 5.32 Å². The zero-order chi connectivity index (χ0) is 20.4. The molecule has 4 rings (SSSR count). The molecule has 144 valence electrons. The number of benzene rings is 2. The Hall–Kier alpha value is -3.60. The molecule has 2 aromatic carbocycles. The molecular formula is C24H22N4O. The summed E-state index contributed by atoms with van der Waals surface area (Å²) < 4.78 is 0. The Morgan fingerprint density at radius 3 is 2.48 bits per heavy atom. The normalized spacial score (nSPS) is 10.9. The van der Waals surface area contributed by atoms with Gasteiger partial charge >= 0.3 is 0 Å². The van der Waals surface area contributed by atoms with Crippen LogP contribution in [0.2, 0.25) is 0 Å². The molecule has 0 spiro atoms. The fraction of sp³-hybridized carbons (Fsp3) is 0.167. The highest BCUT2D eigenvalue weighted by Crippen LogP contribution is 2.26. The van der Waals surface area contributed by atoms with Crippen LogP contribution in [0.1, 0.15) is 34.1 Å². The molecule has 29 heavy (non-hydrogen) atoms. The third-order valence-corrected chi connectivity index (χ3v) is 4.89. The SMILES string of the molecule is CCc1ccc(-c2cc(C(=O)Nc3nccc(C)n3)c3cc(C)ccc3n2)cc1. The highest BCUT2D eigenvalue weighted by atomic mass is 16.1. The summed E-state index contributed by atoms with van der Waals surface area (Å²) in [4.78, 5) is 26.3. The Balaban J connectivity index is 1.81. The van der Waals surface area contributed by atoms with E-state index in [1.807, 2.05) is 50.2 Å². The molecule has 0 aliphatic heterocycles. The molecule has 2 aromatic heterocycles. The van der Waals surface area contributed by atoms with Gasteiger partial charge in [-0.3, -0.25) is 10.1 Å². The molecule has 0 aliphatic rings. The van der Waals surface area contributed by atoms with Crippen LogP contribution in [0.4, 0.5) is 5.95 Å². The maximum absolute atomic E-state index is 13.1. The molecular weight excluding hydrogens is 360 g/mol. The number of aromatic nitrogens is 3. The number of carbonyl (C=O) groups is 1. The predicted molar refractivity (Wildman–Crippen MR) is 116 cm³/mol. The van der Waals surface area contributed by atoms with E-state index in [2.05, 4.69) is 34.3 Å². The number of nitrogens with one attached hydrogen (secondary N) is 1. The first-order valence-corrected chi connectivity index (χ1v) is 9.65. The Labute approximate surface area is 169 Å². The van der Waals surface area contributed by atoms with Crippen molar-refractivity contribution < 1.29 is 4.79 Å². The van der Waals surface area contributed by atoms with Crippen LogP contribution >= 0.6 is 0 Å². The fourth-order valence-electron chi connectivity index (χ4n) is 3.26. The predicted octanol–water partition coefficient (Wildman–Crippen LogP) is 5.12. The lowest BCUT2D eigenvalue weighted by atomic mass is 10.0. The minimum atomic E-state index is -0.250. The number of anilines is 1. The first kappa shape index (κ1) is 18.7. The smallest absolute Gasteiger partial charge is 0.258 e. The summed E-state index contributed by atoms with van der Waals surface area (Å²) in [5, 5.41) is 3.63. The van der Waals surface area contributed by atoms with Crippen molar-refractivity contribution in [3.05, 3.63) is 83.2 Å². The average Bonchev–Trinajstić information content (AvgIpc) is 2.73. The number of hydrogen-bond donors (Lipinski definition) is 1. The summed E-state index contributed by atoms with van der Waals surface area (Å²) in [6.07, 6.45) is 2.61. The third kappa shape index (κ3) is 3.99. The fourth-order valence-corrected chi connectivity index (χ4v) is 3.26. The largest absolute Gasteiger partial charge is 0.290 e. The number of rotatable bonds is 4. The van der Waals surface area contributed by atoms with Crippen molar-refractivity contribution in [3.8, 4) is 11.3 Å². The molecule has 0 atom stereocenters. The molecule has 5 nitrogen and oxygen atoms in total. The van der Waals surface area contributed by atoms with Crippen LogP contribution in [-0.4, -0.2) is 20.9 Å². The molecule has 0 fully saturated rings. The number of hydrogen-bond acceptors (Lipinski definition) is 4. The second kappa shape index (κ2) is 7.80. The quantitative estimate of drug-likeness (QED) is 0.532. The van der Waals surface area contributed by atoms with Crippen molar-refractivity contribution in [3.63, 3.8) is 0 Å². The lowest BCUT2D eigenvalue weighted by Crippen LogP contribution is -2.15. The van der Waals surface area contributed by atoms with Gasteiger partial charge in [0.15, 0.2) is 0 Å². The van der Waals surface area contributed by atoms with E-state index in [1.165, 1.54) is 5.56 Å². The second-order valence-electron chi connectivity index (χ2n) is 7.10. The molecule has 0 bridgehead atoms. The Kier molecular flexibility index (Phi) is 5.04. The maximum atomic E-state index is 13.1. The minimum absolute atomic E-state index is 0.250. The second-order valence-corrected chi connectivity index (χ2v) is 7.10. The number of aryl methyl sites for hydroxylation is 3. The van der Waals surface area contributed by atoms with Gasteiger partial charge in [0, 0.05) is 22.8 Å². The molecule has 2 heterocycles. The lowest BCUT2D eigenvalue weighted by molar-refractivity contribution is 0.102. The summed E-state index contributed by atoms with van der Waals surface area (Å²) in [5.74, 6) is 0.0430. The number of carbonyl (C=O) groups excluding carboxylic acids is 1. The Morgan fingerprint density at radius 1 is 0.966 bits per heavy atom. The van der Waals surface area contributed by atoms with Gasteiger partial charge in [0.1, 0.15) is 0 Å². The summed E-state index contributed by atoms with van der Waals surface area (Å²) in [5.41, 5.74) is 6.20. The van der Waals surface area contributed by atoms with Crippen LogP contribution in [0.25, 0.3) is 22.2 Å². The van der Waals surface area contributed by atoms with Crippen LogP contribution in [0.3, 0.4) is 0 Å². The van der Waals surface area contributed by atoms with E-state index in [0.717, 1.165) is 39.8 Å². The molecule has 0 unspecified atom stereocenters. The Morgan fingerprint density at radius 2 is 1.76 bits per heavy atom. The number of fused-ring (bicyclic) bond motifs is 1. The van der Waals surface area contributed by atoms with E-state index >= 15 is 0 Å². The maximum Gasteiger partial charge on any atom is 0.258 e. The molecule has 1 amide bonds. The molecule has 5 heteroatoms.